The average Bonchev–Trinajstić information content (AvgIpc) is 2.71. The first-order valence-electron chi connectivity index (χ1n) is 9.54. The molecule has 2 aromatic carbocycles. The third-order valence-corrected chi connectivity index (χ3v) is 7.68. The Labute approximate surface area is 182 Å². The maximum Gasteiger partial charge on any atom is 0.224 e. The highest BCUT2D eigenvalue weighted by atomic mass is 35.5. The van der Waals surface area contributed by atoms with E-state index in [0.717, 1.165) is 5.56 Å². The van der Waals surface area contributed by atoms with Crippen LogP contribution in [0.15, 0.2) is 48.5 Å². The standard InChI is InChI=1S/C21H24Cl2N2O3S/c1-15(16-7-3-2-4-8-16)24-21(26)17-9-6-12-25(13-17)29(27,28)14-18-19(22)10-5-11-20(18)23/h2-5,7-8,10-11,15,17H,6,9,12-14H2,1H3,(H,24,26). The van der Waals surface area contributed by atoms with Crippen molar-refractivity contribution in [1.82, 2.24) is 9.62 Å². The third kappa shape index (κ3) is 5.51. The predicted octanol–water partition coefficient (Wildman–Crippen LogP) is 4.41. The molecule has 8 heteroatoms. The lowest BCUT2D eigenvalue weighted by Gasteiger charge is -2.32. The Morgan fingerprint density at radius 3 is 2.45 bits per heavy atom. The van der Waals surface area contributed by atoms with Crippen molar-refractivity contribution < 1.29 is 13.2 Å². The SMILES string of the molecule is CC(NC(=O)C1CCCN(S(=O)(=O)Cc2c(Cl)cccc2Cl)C1)c1ccccc1. The Morgan fingerprint density at radius 2 is 1.79 bits per heavy atom. The minimum absolute atomic E-state index is 0.128. The summed E-state index contributed by atoms with van der Waals surface area (Å²) >= 11 is 12.3. The molecule has 0 radical (unpaired) electrons. The first-order chi connectivity index (χ1) is 13.8. The summed E-state index contributed by atoms with van der Waals surface area (Å²) in [5.41, 5.74) is 1.40. The number of piperidine rings is 1. The minimum atomic E-state index is -3.64. The molecular weight excluding hydrogens is 431 g/mol. The molecule has 2 aromatic rings. The molecule has 0 aromatic heterocycles. The largest absolute Gasteiger partial charge is 0.349 e. The Morgan fingerprint density at radius 1 is 1.14 bits per heavy atom. The van der Waals surface area contributed by atoms with Crippen LogP contribution in [0.2, 0.25) is 10.0 Å². The molecule has 29 heavy (non-hydrogen) atoms. The van der Waals surface area contributed by atoms with Gasteiger partial charge in [0.25, 0.3) is 0 Å². The van der Waals surface area contributed by atoms with Crippen LogP contribution in [-0.2, 0) is 20.6 Å². The van der Waals surface area contributed by atoms with Gasteiger partial charge in [-0.15, -0.1) is 0 Å². The number of sulfonamides is 1. The van der Waals surface area contributed by atoms with Crippen LogP contribution >= 0.6 is 23.2 Å². The lowest BCUT2D eigenvalue weighted by atomic mass is 9.98. The molecule has 156 valence electrons. The fourth-order valence-electron chi connectivity index (χ4n) is 3.51. The second-order valence-electron chi connectivity index (χ2n) is 7.29. The minimum Gasteiger partial charge on any atom is -0.349 e. The molecule has 5 nitrogen and oxygen atoms in total. The van der Waals surface area contributed by atoms with Crippen LogP contribution in [0.1, 0.15) is 36.9 Å². The molecule has 2 unspecified atom stereocenters. The van der Waals surface area contributed by atoms with Crippen molar-refractivity contribution in [2.45, 2.75) is 31.6 Å². The summed E-state index contributed by atoms with van der Waals surface area (Å²) in [4.78, 5) is 12.7. The average molecular weight is 455 g/mol. The van der Waals surface area contributed by atoms with E-state index in [0.29, 0.717) is 35.0 Å². The summed E-state index contributed by atoms with van der Waals surface area (Å²) in [6, 6.07) is 14.5. The van der Waals surface area contributed by atoms with E-state index in [9.17, 15) is 13.2 Å². The zero-order valence-electron chi connectivity index (χ0n) is 16.1. The van der Waals surface area contributed by atoms with Crippen molar-refractivity contribution in [2.75, 3.05) is 13.1 Å². The highest BCUT2D eigenvalue weighted by Crippen LogP contribution is 2.29. The fraction of sp³-hybridized carbons (Fsp3) is 0.381. The van der Waals surface area contributed by atoms with Crippen LogP contribution in [0.4, 0.5) is 0 Å². The molecule has 1 amide bonds. The normalized spacial score (nSPS) is 18.9. The number of benzene rings is 2. The molecule has 3 rings (SSSR count). The summed E-state index contributed by atoms with van der Waals surface area (Å²) in [6.45, 7) is 2.48. The number of halogens is 2. The first-order valence-corrected chi connectivity index (χ1v) is 11.9. The van der Waals surface area contributed by atoms with Gasteiger partial charge in [-0.2, -0.15) is 0 Å². The monoisotopic (exact) mass is 454 g/mol. The zero-order chi connectivity index (χ0) is 21.0. The van der Waals surface area contributed by atoms with E-state index in [-0.39, 0.29) is 30.2 Å². The van der Waals surface area contributed by atoms with Gasteiger partial charge in [-0.3, -0.25) is 4.79 Å². The van der Waals surface area contributed by atoms with Crippen LogP contribution in [-0.4, -0.2) is 31.7 Å². The molecule has 1 aliphatic heterocycles. The van der Waals surface area contributed by atoms with E-state index < -0.39 is 10.0 Å². The fourth-order valence-corrected chi connectivity index (χ4v) is 5.87. The number of hydrogen-bond donors (Lipinski definition) is 1. The van der Waals surface area contributed by atoms with Crippen molar-refractivity contribution in [3.8, 4) is 0 Å². The lowest BCUT2D eigenvalue weighted by molar-refractivity contribution is -0.126. The number of nitrogens with one attached hydrogen (secondary N) is 1. The Hall–Kier alpha value is -1.60. The summed E-state index contributed by atoms with van der Waals surface area (Å²) in [5, 5.41) is 3.65. The highest BCUT2D eigenvalue weighted by Gasteiger charge is 2.33. The van der Waals surface area contributed by atoms with Gasteiger partial charge < -0.3 is 5.32 Å². The van der Waals surface area contributed by atoms with Crippen LogP contribution in [0.3, 0.4) is 0 Å². The second kappa shape index (κ2) is 9.47. The van der Waals surface area contributed by atoms with Crippen LogP contribution < -0.4 is 5.32 Å². The van der Waals surface area contributed by atoms with Gasteiger partial charge >= 0.3 is 0 Å². The smallest absolute Gasteiger partial charge is 0.224 e. The molecule has 0 aliphatic carbocycles. The van der Waals surface area contributed by atoms with E-state index in [1.807, 2.05) is 37.3 Å². The molecule has 2 atom stereocenters. The van der Waals surface area contributed by atoms with Gasteiger partial charge in [-0.1, -0.05) is 59.6 Å². The molecule has 1 fully saturated rings. The van der Waals surface area contributed by atoms with Gasteiger partial charge in [-0.25, -0.2) is 12.7 Å². The second-order valence-corrected chi connectivity index (χ2v) is 10.1. The van der Waals surface area contributed by atoms with Crippen molar-refractivity contribution in [2.24, 2.45) is 5.92 Å². The van der Waals surface area contributed by atoms with Crippen molar-refractivity contribution >= 4 is 39.1 Å². The summed E-state index contributed by atoms with van der Waals surface area (Å²) in [5.74, 6) is -0.788. The Bertz CT molecular complexity index is 947. The summed E-state index contributed by atoms with van der Waals surface area (Å²) < 4.78 is 27.3. The van der Waals surface area contributed by atoms with E-state index in [4.69, 9.17) is 23.2 Å². The number of nitrogens with zero attached hydrogens (tertiary/aromatic N) is 1. The molecule has 1 saturated heterocycles. The van der Waals surface area contributed by atoms with Crippen molar-refractivity contribution in [3.63, 3.8) is 0 Å². The van der Waals surface area contributed by atoms with E-state index in [1.165, 1.54) is 4.31 Å². The maximum atomic E-state index is 12.9. The van der Waals surface area contributed by atoms with Gasteiger partial charge in [0.2, 0.25) is 15.9 Å². The predicted molar refractivity (Wildman–Crippen MR) is 116 cm³/mol. The molecule has 1 heterocycles. The Balaban J connectivity index is 1.67. The molecular formula is C21H24Cl2N2O3S. The van der Waals surface area contributed by atoms with E-state index in [2.05, 4.69) is 5.32 Å². The van der Waals surface area contributed by atoms with Gasteiger partial charge in [0.1, 0.15) is 0 Å². The van der Waals surface area contributed by atoms with Gasteiger partial charge in [0, 0.05) is 28.7 Å². The number of rotatable bonds is 6. The van der Waals surface area contributed by atoms with E-state index >= 15 is 0 Å². The molecule has 0 spiro atoms. The van der Waals surface area contributed by atoms with E-state index in [1.54, 1.807) is 18.2 Å². The summed E-state index contributed by atoms with van der Waals surface area (Å²) in [7, 11) is -3.64. The lowest BCUT2D eigenvalue weighted by Crippen LogP contribution is -2.46. The van der Waals surface area contributed by atoms with Gasteiger partial charge in [-0.05, 0) is 37.5 Å². The number of amides is 1. The van der Waals surface area contributed by atoms with Gasteiger partial charge in [0.05, 0.1) is 17.7 Å². The molecule has 1 aliphatic rings. The number of hydrogen-bond acceptors (Lipinski definition) is 3. The zero-order valence-corrected chi connectivity index (χ0v) is 18.5. The van der Waals surface area contributed by atoms with Crippen LogP contribution in [0, 0.1) is 5.92 Å². The number of carbonyl (C=O) groups is 1. The third-order valence-electron chi connectivity index (χ3n) is 5.20. The summed E-state index contributed by atoms with van der Waals surface area (Å²) in [6.07, 6.45) is 1.29. The molecule has 0 bridgehead atoms. The molecule has 1 N–H and O–H groups in total. The quantitative estimate of drug-likeness (QED) is 0.702. The van der Waals surface area contributed by atoms with Crippen LogP contribution in [0.5, 0.6) is 0 Å². The van der Waals surface area contributed by atoms with Gasteiger partial charge in [0.15, 0.2) is 0 Å². The maximum absolute atomic E-state index is 12.9. The topological polar surface area (TPSA) is 66.5 Å². The van der Waals surface area contributed by atoms with Crippen molar-refractivity contribution in [3.05, 3.63) is 69.7 Å². The number of carbonyl (C=O) groups excluding carboxylic acids is 1. The van der Waals surface area contributed by atoms with Crippen LogP contribution in [0.25, 0.3) is 0 Å². The molecule has 0 saturated carbocycles. The Kier molecular flexibility index (Phi) is 7.22. The highest BCUT2D eigenvalue weighted by molar-refractivity contribution is 7.88. The first kappa shape index (κ1) is 22.1. The van der Waals surface area contributed by atoms with Crippen molar-refractivity contribution in [1.29, 1.82) is 0 Å².